The van der Waals surface area contributed by atoms with Crippen molar-refractivity contribution in [3.05, 3.63) is 52.6 Å². The third-order valence-corrected chi connectivity index (χ3v) is 3.94. The minimum absolute atomic E-state index is 0.284. The van der Waals surface area contributed by atoms with E-state index in [1.807, 2.05) is 12.1 Å². The number of nitrogens with zero attached hydrogens (tertiary/aromatic N) is 3. The van der Waals surface area contributed by atoms with Gasteiger partial charge in [0.15, 0.2) is 5.82 Å². The number of hydrogen-bond donors (Lipinski definition) is 2. The highest BCUT2D eigenvalue weighted by molar-refractivity contribution is 6.32. The van der Waals surface area contributed by atoms with E-state index in [1.54, 1.807) is 31.4 Å². The van der Waals surface area contributed by atoms with Gasteiger partial charge in [0.1, 0.15) is 11.5 Å². The van der Waals surface area contributed by atoms with Crippen molar-refractivity contribution in [1.82, 2.24) is 15.2 Å². The average molecular weight is 392 g/mol. The molecule has 0 amide bonds. The number of hydrogen-bond acceptors (Lipinski definition) is 7. The number of ether oxygens (including phenoxy) is 2. The first-order valence-electron chi connectivity index (χ1n) is 7.50. The van der Waals surface area contributed by atoms with Crippen LogP contribution in [0.25, 0.3) is 0 Å². The lowest BCUT2D eigenvalue weighted by molar-refractivity contribution is 0.405. The molecule has 134 valence electrons. The molecule has 0 unspecified atom stereocenters. The van der Waals surface area contributed by atoms with E-state index in [0.29, 0.717) is 33.0 Å². The van der Waals surface area contributed by atoms with Gasteiger partial charge in [-0.1, -0.05) is 23.2 Å². The fourth-order valence-corrected chi connectivity index (χ4v) is 2.53. The minimum atomic E-state index is 0.284. The second kappa shape index (κ2) is 8.07. The summed E-state index contributed by atoms with van der Waals surface area (Å²) in [6.45, 7) is 0. The molecule has 0 saturated carbocycles. The summed E-state index contributed by atoms with van der Waals surface area (Å²) in [4.78, 5) is 4.38. The third kappa shape index (κ3) is 4.25. The van der Waals surface area contributed by atoms with Crippen LogP contribution in [0.2, 0.25) is 10.0 Å². The zero-order chi connectivity index (χ0) is 18.5. The molecule has 3 rings (SSSR count). The van der Waals surface area contributed by atoms with Crippen LogP contribution in [0.5, 0.6) is 11.5 Å². The quantitative estimate of drug-likeness (QED) is 0.630. The molecule has 3 aromatic rings. The Kier molecular flexibility index (Phi) is 5.60. The Hall–Kier alpha value is -2.77. The summed E-state index contributed by atoms with van der Waals surface area (Å²) in [6, 6.07) is 10.6. The first-order chi connectivity index (χ1) is 12.6. The molecule has 0 aliphatic rings. The normalized spacial score (nSPS) is 10.3. The van der Waals surface area contributed by atoms with Crippen LogP contribution in [0.3, 0.4) is 0 Å². The van der Waals surface area contributed by atoms with Gasteiger partial charge in [0.05, 0.1) is 31.1 Å². The highest BCUT2D eigenvalue weighted by Gasteiger charge is 2.12. The Morgan fingerprint density at radius 2 is 1.65 bits per heavy atom. The summed E-state index contributed by atoms with van der Waals surface area (Å²) >= 11 is 12.0. The number of aromatic nitrogens is 3. The number of methoxy groups -OCH3 is 2. The first kappa shape index (κ1) is 18.0. The minimum Gasteiger partial charge on any atom is -0.495 e. The van der Waals surface area contributed by atoms with Crippen molar-refractivity contribution in [3.63, 3.8) is 0 Å². The smallest absolute Gasteiger partial charge is 0.249 e. The number of halogens is 2. The molecule has 2 aromatic carbocycles. The van der Waals surface area contributed by atoms with Gasteiger partial charge in [0.25, 0.3) is 0 Å². The Morgan fingerprint density at radius 3 is 2.35 bits per heavy atom. The van der Waals surface area contributed by atoms with Crippen LogP contribution in [0.1, 0.15) is 0 Å². The van der Waals surface area contributed by atoms with E-state index in [-0.39, 0.29) is 5.95 Å². The number of anilines is 4. The lowest BCUT2D eigenvalue weighted by atomic mass is 10.2. The van der Waals surface area contributed by atoms with E-state index in [1.165, 1.54) is 13.3 Å². The maximum absolute atomic E-state index is 6.11. The van der Waals surface area contributed by atoms with Crippen LogP contribution in [0.4, 0.5) is 23.1 Å². The molecule has 0 aliphatic heterocycles. The van der Waals surface area contributed by atoms with Crippen molar-refractivity contribution < 1.29 is 9.47 Å². The predicted molar refractivity (Wildman–Crippen MR) is 102 cm³/mol. The Labute approximate surface area is 160 Å². The summed E-state index contributed by atoms with van der Waals surface area (Å²) in [5.41, 5.74) is 1.42. The molecular formula is C17H15Cl2N5O2. The van der Waals surface area contributed by atoms with E-state index >= 15 is 0 Å². The molecule has 1 aromatic heterocycles. The maximum Gasteiger partial charge on any atom is 0.249 e. The lowest BCUT2D eigenvalue weighted by Gasteiger charge is -2.13. The van der Waals surface area contributed by atoms with Gasteiger partial charge in [-0.3, -0.25) is 0 Å². The average Bonchev–Trinajstić information content (AvgIpc) is 2.65. The standard InChI is InChI=1S/C17H15Cl2N5O2/c1-25-14-8-13(15(26-2)7-12(14)19)22-17-23-16(9-20-24-17)21-11-5-3-10(18)4-6-11/h3-9H,1-2H3,(H2,21,22,23,24). The van der Waals surface area contributed by atoms with Crippen LogP contribution in [0, 0.1) is 0 Å². The Bertz CT molecular complexity index is 906. The number of rotatable bonds is 6. The summed E-state index contributed by atoms with van der Waals surface area (Å²) in [7, 11) is 3.08. The van der Waals surface area contributed by atoms with E-state index in [4.69, 9.17) is 32.7 Å². The second-order valence-corrected chi connectivity index (χ2v) is 5.95. The zero-order valence-electron chi connectivity index (χ0n) is 14.0. The van der Waals surface area contributed by atoms with Gasteiger partial charge in [-0.05, 0) is 24.3 Å². The highest BCUT2D eigenvalue weighted by atomic mass is 35.5. The highest BCUT2D eigenvalue weighted by Crippen LogP contribution is 2.36. The topological polar surface area (TPSA) is 81.2 Å². The monoisotopic (exact) mass is 391 g/mol. The summed E-state index contributed by atoms with van der Waals surface area (Å²) < 4.78 is 10.6. The SMILES string of the molecule is COc1cc(Nc2nncc(Nc3ccc(Cl)cc3)n2)c(OC)cc1Cl. The Balaban J connectivity index is 1.83. The van der Waals surface area contributed by atoms with Crippen LogP contribution < -0.4 is 20.1 Å². The fraction of sp³-hybridized carbons (Fsp3) is 0.118. The van der Waals surface area contributed by atoms with E-state index in [0.717, 1.165) is 5.69 Å². The van der Waals surface area contributed by atoms with Crippen molar-refractivity contribution in [1.29, 1.82) is 0 Å². The molecule has 0 spiro atoms. The lowest BCUT2D eigenvalue weighted by Crippen LogP contribution is -2.03. The zero-order valence-corrected chi connectivity index (χ0v) is 15.5. The van der Waals surface area contributed by atoms with Crippen LogP contribution >= 0.6 is 23.2 Å². The van der Waals surface area contributed by atoms with Gasteiger partial charge in [0.2, 0.25) is 5.95 Å². The van der Waals surface area contributed by atoms with Crippen molar-refractivity contribution in [2.24, 2.45) is 0 Å². The van der Waals surface area contributed by atoms with Gasteiger partial charge in [-0.25, -0.2) is 0 Å². The molecule has 0 radical (unpaired) electrons. The summed E-state index contributed by atoms with van der Waals surface area (Å²) in [5.74, 6) is 1.82. The predicted octanol–water partition coefficient (Wildman–Crippen LogP) is 4.68. The molecule has 0 fully saturated rings. The third-order valence-electron chi connectivity index (χ3n) is 3.40. The van der Waals surface area contributed by atoms with Gasteiger partial charge in [-0.15, -0.1) is 5.10 Å². The van der Waals surface area contributed by atoms with Crippen LogP contribution in [-0.4, -0.2) is 29.4 Å². The second-order valence-electron chi connectivity index (χ2n) is 5.11. The number of nitrogens with one attached hydrogen (secondary N) is 2. The van der Waals surface area contributed by atoms with Crippen LogP contribution in [-0.2, 0) is 0 Å². The van der Waals surface area contributed by atoms with Gasteiger partial charge in [0, 0.05) is 22.8 Å². The molecule has 26 heavy (non-hydrogen) atoms. The van der Waals surface area contributed by atoms with E-state index in [2.05, 4.69) is 25.8 Å². The first-order valence-corrected chi connectivity index (χ1v) is 8.25. The van der Waals surface area contributed by atoms with Crippen molar-refractivity contribution in [3.8, 4) is 11.5 Å². The molecule has 0 saturated heterocycles. The van der Waals surface area contributed by atoms with E-state index < -0.39 is 0 Å². The van der Waals surface area contributed by atoms with Gasteiger partial charge in [-0.2, -0.15) is 10.1 Å². The van der Waals surface area contributed by atoms with Gasteiger partial charge < -0.3 is 20.1 Å². The maximum atomic E-state index is 6.11. The molecule has 1 heterocycles. The van der Waals surface area contributed by atoms with Crippen molar-refractivity contribution in [2.75, 3.05) is 24.9 Å². The summed E-state index contributed by atoms with van der Waals surface area (Å²) in [5, 5.41) is 15.2. The van der Waals surface area contributed by atoms with Crippen molar-refractivity contribution >= 4 is 46.3 Å². The molecule has 0 aliphatic carbocycles. The molecule has 0 bridgehead atoms. The molecule has 2 N–H and O–H groups in total. The molecular weight excluding hydrogens is 377 g/mol. The molecule has 7 nitrogen and oxygen atoms in total. The summed E-state index contributed by atoms with van der Waals surface area (Å²) in [6.07, 6.45) is 1.51. The molecule has 0 atom stereocenters. The van der Waals surface area contributed by atoms with E-state index in [9.17, 15) is 0 Å². The van der Waals surface area contributed by atoms with Crippen LogP contribution in [0.15, 0.2) is 42.6 Å². The largest absolute Gasteiger partial charge is 0.495 e. The van der Waals surface area contributed by atoms with Gasteiger partial charge >= 0.3 is 0 Å². The molecule has 9 heteroatoms. The Morgan fingerprint density at radius 1 is 0.923 bits per heavy atom. The van der Waals surface area contributed by atoms with Crippen molar-refractivity contribution in [2.45, 2.75) is 0 Å². The fourth-order valence-electron chi connectivity index (χ4n) is 2.18. The number of benzene rings is 2.